The average Bonchev–Trinajstić information content (AvgIpc) is 2.21. The van der Waals surface area contributed by atoms with Crippen molar-refractivity contribution < 1.29 is 0 Å². The van der Waals surface area contributed by atoms with Crippen molar-refractivity contribution in [2.24, 2.45) is 15.7 Å². The minimum atomic E-state index is 0.726. The molecular formula is C11H23N3. The Morgan fingerprint density at radius 3 is 2.14 bits per heavy atom. The van der Waals surface area contributed by atoms with Gasteiger partial charge in [0.05, 0.1) is 0 Å². The van der Waals surface area contributed by atoms with E-state index in [0.29, 0.717) is 0 Å². The lowest BCUT2D eigenvalue weighted by Gasteiger charge is -2.01. The van der Waals surface area contributed by atoms with Crippen LogP contribution in [-0.4, -0.2) is 18.7 Å². The molecular weight excluding hydrogens is 174 g/mol. The molecule has 0 aliphatic carbocycles. The number of rotatable bonds is 6. The highest BCUT2D eigenvalue weighted by atomic mass is 14.9. The van der Waals surface area contributed by atoms with Gasteiger partial charge in [-0.25, -0.2) is 4.99 Å². The molecule has 82 valence electrons. The molecule has 3 nitrogen and oxygen atoms in total. The van der Waals surface area contributed by atoms with Crippen molar-refractivity contribution in [1.29, 1.82) is 0 Å². The van der Waals surface area contributed by atoms with Crippen LogP contribution in [0.15, 0.2) is 9.98 Å². The molecule has 2 N–H and O–H groups in total. The van der Waals surface area contributed by atoms with Gasteiger partial charge in [-0.15, -0.1) is 0 Å². The predicted molar refractivity (Wildman–Crippen MR) is 64.0 cm³/mol. The number of hydrogen-bond donors (Lipinski definition) is 1. The average molecular weight is 197 g/mol. The maximum atomic E-state index is 5.78. The van der Waals surface area contributed by atoms with Crippen molar-refractivity contribution in [3.8, 4) is 0 Å². The third-order valence-electron chi connectivity index (χ3n) is 2.07. The Hall–Kier alpha value is -0.860. The quantitative estimate of drug-likeness (QED) is 0.516. The predicted octanol–water partition coefficient (Wildman–Crippen LogP) is 2.75. The Morgan fingerprint density at radius 1 is 1.07 bits per heavy atom. The molecule has 0 radical (unpaired) electrons. The molecule has 0 aliphatic heterocycles. The number of hydrogen-bond acceptors (Lipinski definition) is 1. The van der Waals surface area contributed by atoms with Gasteiger partial charge in [0.15, 0.2) is 0 Å². The molecule has 0 heterocycles. The zero-order valence-corrected chi connectivity index (χ0v) is 9.71. The maximum absolute atomic E-state index is 5.78. The summed E-state index contributed by atoms with van der Waals surface area (Å²) >= 11 is 0. The van der Waals surface area contributed by atoms with Gasteiger partial charge in [-0.1, -0.05) is 26.7 Å². The van der Waals surface area contributed by atoms with Crippen molar-refractivity contribution in [3.63, 3.8) is 0 Å². The third-order valence-corrected chi connectivity index (χ3v) is 2.07. The van der Waals surface area contributed by atoms with E-state index < -0.39 is 0 Å². The molecule has 0 fully saturated rings. The molecule has 0 aliphatic rings. The minimum absolute atomic E-state index is 0.726. The molecule has 14 heavy (non-hydrogen) atoms. The summed E-state index contributed by atoms with van der Waals surface area (Å²) in [5.74, 6) is 1.61. The molecule has 0 bridgehead atoms. The van der Waals surface area contributed by atoms with E-state index in [1.54, 1.807) is 7.05 Å². The monoisotopic (exact) mass is 197 g/mol. The van der Waals surface area contributed by atoms with Crippen molar-refractivity contribution >= 4 is 11.7 Å². The summed E-state index contributed by atoms with van der Waals surface area (Å²) in [5, 5.41) is 0. The zero-order valence-electron chi connectivity index (χ0n) is 9.71. The van der Waals surface area contributed by atoms with Crippen molar-refractivity contribution in [2.75, 3.05) is 7.05 Å². The smallest absolute Gasteiger partial charge is 0.125 e. The van der Waals surface area contributed by atoms with E-state index in [4.69, 9.17) is 5.73 Å². The first kappa shape index (κ1) is 13.1. The fraction of sp³-hybridized carbons (Fsp3) is 0.818. The first-order chi connectivity index (χ1) is 6.74. The van der Waals surface area contributed by atoms with Crippen LogP contribution >= 0.6 is 0 Å². The van der Waals surface area contributed by atoms with Crippen LogP contribution in [0.2, 0.25) is 0 Å². The first-order valence-electron chi connectivity index (χ1n) is 5.53. The Balaban J connectivity index is 4.00. The van der Waals surface area contributed by atoms with Gasteiger partial charge in [-0.3, -0.25) is 4.99 Å². The van der Waals surface area contributed by atoms with Crippen molar-refractivity contribution in [1.82, 2.24) is 0 Å². The van der Waals surface area contributed by atoms with E-state index in [-0.39, 0.29) is 0 Å². The lowest BCUT2D eigenvalue weighted by atomic mass is 10.2. The molecule has 0 saturated carbocycles. The molecule has 0 atom stereocenters. The highest BCUT2D eigenvalue weighted by Gasteiger charge is 1.97. The second kappa shape index (κ2) is 8.73. The third kappa shape index (κ3) is 6.63. The lowest BCUT2D eigenvalue weighted by Crippen LogP contribution is -2.14. The number of nitrogens with two attached hydrogens (primary N) is 1. The van der Waals surface area contributed by atoms with Gasteiger partial charge in [0.1, 0.15) is 11.7 Å². The van der Waals surface area contributed by atoms with Crippen LogP contribution in [0.3, 0.4) is 0 Å². The van der Waals surface area contributed by atoms with Crippen LogP contribution in [-0.2, 0) is 0 Å². The van der Waals surface area contributed by atoms with Crippen LogP contribution < -0.4 is 5.73 Å². The highest BCUT2D eigenvalue weighted by Crippen LogP contribution is 2.00. The van der Waals surface area contributed by atoms with Gasteiger partial charge in [-0.2, -0.15) is 0 Å². The summed E-state index contributed by atoms with van der Waals surface area (Å²) in [6.07, 6.45) is 6.41. The van der Waals surface area contributed by atoms with E-state index in [2.05, 4.69) is 23.8 Å². The molecule has 0 saturated heterocycles. The van der Waals surface area contributed by atoms with Crippen LogP contribution in [0.25, 0.3) is 0 Å². The van der Waals surface area contributed by atoms with Gasteiger partial charge < -0.3 is 5.73 Å². The summed E-state index contributed by atoms with van der Waals surface area (Å²) in [6.45, 7) is 4.32. The van der Waals surface area contributed by atoms with Crippen LogP contribution in [0.4, 0.5) is 0 Å². The molecule has 0 amide bonds. The Bertz CT molecular complexity index is 195. The number of nitrogens with zero attached hydrogens (tertiary/aromatic N) is 2. The topological polar surface area (TPSA) is 50.7 Å². The SMILES string of the molecule is CCCCC(N)=NC(CCCC)=NC. The number of amidine groups is 2. The van der Waals surface area contributed by atoms with Gasteiger partial charge in [0.2, 0.25) is 0 Å². The molecule has 0 aromatic heterocycles. The Labute approximate surface area is 87.5 Å². The fourth-order valence-electron chi connectivity index (χ4n) is 1.13. The van der Waals surface area contributed by atoms with Crippen LogP contribution in [0, 0.1) is 0 Å². The second-order valence-corrected chi connectivity index (χ2v) is 3.45. The summed E-state index contributed by atoms with van der Waals surface area (Å²) in [7, 11) is 1.78. The first-order valence-corrected chi connectivity index (χ1v) is 5.53. The van der Waals surface area contributed by atoms with Crippen molar-refractivity contribution in [2.45, 2.75) is 52.4 Å². The molecule has 0 unspecified atom stereocenters. The van der Waals surface area contributed by atoms with Crippen molar-refractivity contribution in [3.05, 3.63) is 0 Å². The molecule has 0 aromatic carbocycles. The van der Waals surface area contributed by atoms with Gasteiger partial charge in [-0.05, 0) is 12.8 Å². The summed E-state index contributed by atoms with van der Waals surface area (Å²) in [5.41, 5.74) is 5.78. The molecule has 0 rings (SSSR count). The summed E-state index contributed by atoms with van der Waals surface area (Å²) < 4.78 is 0. The normalized spacial score (nSPS) is 13.4. The maximum Gasteiger partial charge on any atom is 0.125 e. The zero-order chi connectivity index (χ0) is 10.8. The number of aliphatic imine (C=N–C) groups is 2. The largest absolute Gasteiger partial charge is 0.387 e. The van der Waals surface area contributed by atoms with Gasteiger partial charge >= 0.3 is 0 Å². The summed E-state index contributed by atoms with van der Waals surface area (Å²) in [6, 6.07) is 0. The lowest BCUT2D eigenvalue weighted by molar-refractivity contribution is 0.822. The van der Waals surface area contributed by atoms with Crippen LogP contribution in [0.1, 0.15) is 52.4 Å². The van der Waals surface area contributed by atoms with Gasteiger partial charge in [0, 0.05) is 19.9 Å². The summed E-state index contributed by atoms with van der Waals surface area (Å²) in [4.78, 5) is 8.44. The number of unbranched alkanes of at least 4 members (excludes halogenated alkanes) is 2. The fourth-order valence-corrected chi connectivity index (χ4v) is 1.13. The standard InChI is InChI=1S/C11H23N3/c1-4-6-8-10(12)14-11(13-3)9-7-5-2/h4-9H2,1-3H3,(H2,12,13,14). The molecule has 0 spiro atoms. The Morgan fingerprint density at radius 2 is 1.64 bits per heavy atom. The van der Waals surface area contributed by atoms with E-state index >= 15 is 0 Å². The molecule has 0 aromatic rings. The minimum Gasteiger partial charge on any atom is -0.387 e. The van der Waals surface area contributed by atoms with E-state index in [9.17, 15) is 0 Å². The van der Waals surface area contributed by atoms with Gasteiger partial charge in [0.25, 0.3) is 0 Å². The van der Waals surface area contributed by atoms with E-state index in [1.807, 2.05) is 0 Å². The molecule has 3 heteroatoms. The highest BCUT2D eigenvalue weighted by molar-refractivity contribution is 5.96. The van der Waals surface area contributed by atoms with E-state index in [0.717, 1.165) is 43.8 Å². The Kier molecular flexibility index (Phi) is 8.19. The second-order valence-electron chi connectivity index (χ2n) is 3.45. The van der Waals surface area contributed by atoms with Crippen LogP contribution in [0.5, 0.6) is 0 Å². The van der Waals surface area contributed by atoms with E-state index in [1.165, 1.54) is 6.42 Å².